The van der Waals surface area contributed by atoms with Crippen LogP contribution in [0.2, 0.25) is 0 Å². The minimum atomic E-state index is -0.159. The number of likely N-dealkylation sites (tertiary alicyclic amines) is 1. The molecule has 0 spiro atoms. The summed E-state index contributed by atoms with van der Waals surface area (Å²) in [4.78, 5) is 14.9. The standard InChI is InChI=1S/C20H22N2O4/c23-12-16-10-22(9-14-4-2-1-3-5-14)11-17(16)21-20(24)15-6-7-18-19(8-15)26-13-25-18/h1-8,16-17,23H,9-13H2,(H,21,24)/t16-,17+/m0/s1. The van der Waals surface area contributed by atoms with E-state index in [9.17, 15) is 9.90 Å². The van der Waals surface area contributed by atoms with Gasteiger partial charge in [0.25, 0.3) is 5.91 Å². The molecule has 6 heteroatoms. The fourth-order valence-electron chi connectivity index (χ4n) is 3.57. The molecule has 2 heterocycles. The molecule has 6 nitrogen and oxygen atoms in total. The van der Waals surface area contributed by atoms with Crippen LogP contribution < -0.4 is 14.8 Å². The first-order valence-electron chi connectivity index (χ1n) is 8.80. The molecule has 2 aromatic rings. The van der Waals surface area contributed by atoms with Crippen molar-refractivity contribution >= 4 is 5.91 Å². The molecule has 1 saturated heterocycles. The average Bonchev–Trinajstić information content (AvgIpc) is 3.28. The molecule has 0 saturated carbocycles. The molecule has 0 aliphatic carbocycles. The van der Waals surface area contributed by atoms with Crippen molar-refractivity contribution in [2.24, 2.45) is 5.92 Å². The first-order chi connectivity index (χ1) is 12.7. The molecule has 2 atom stereocenters. The summed E-state index contributed by atoms with van der Waals surface area (Å²) in [7, 11) is 0. The van der Waals surface area contributed by atoms with Gasteiger partial charge >= 0.3 is 0 Å². The van der Waals surface area contributed by atoms with E-state index in [1.165, 1.54) is 5.56 Å². The van der Waals surface area contributed by atoms with Crippen molar-refractivity contribution in [3.63, 3.8) is 0 Å². The van der Waals surface area contributed by atoms with Crippen LogP contribution in [0, 0.1) is 5.92 Å². The monoisotopic (exact) mass is 354 g/mol. The first-order valence-corrected chi connectivity index (χ1v) is 8.80. The van der Waals surface area contributed by atoms with Crippen LogP contribution in [-0.4, -0.2) is 48.4 Å². The van der Waals surface area contributed by atoms with Crippen LogP contribution in [0.3, 0.4) is 0 Å². The zero-order valence-corrected chi connectivity index (χ0v) is 14.4. The number of hydrogen-bond acceptors (Lipinski definition) is 5. The quantitative estimate of drug-likeness (QED) is 0.854. The number of nitrogens with one attached hydrogen (secondary N) is 1. The maximum absolute atomic E-state index is 12.6. The number of carbonyl (C=O) groups is 1. The van der Waals surface area contributed by atoms with Gasteiger partial charge in [0.15, 0.2) is 11.5 Å². The lowest BCUT2D eigenvalue weighted by molar-refractivity contribution is 0.0920. The molecule has 2 aliphatic heterocycles. The van der Waals surface area contributed by atoms with Crippen molar-refractivity contribution in [3.8, 4) is 11.5 Å². The summed E-state index contributed by atoms with van der Waals surface area (Å²) in [5.41, 5.74) is 1.76. The van der Waals surface area contributed by atoms with E-state index in [2.05, 4.69) is 22.3 Å². The molecule has 1 fully saturated rings. The molecule has 2 N–H and O–H groups in total. The van der Waals surface area contributed by atoms with E-state index in [1.807, 2.05) is 18.2 Å². The van der Waals surface area contributed by atoms with E-state index in [1.54, 1.807) is 18.2 Å². The van der Waals surface area contributed by atoms with Crippen LogP contribution in [-0.2, 0) is 6.54 Å². The van der Waals surface area contributed by atoms with Crippen molar-refractivity contribution in [1.29, 1.82) is 0 Å². The highest BCUT2D eigenvalue weighted by atomic mass is 16.7. The summed E-state index contributed by atoms with van der Waals surface area (Å²) in [5.74, 6) is 1.11. The van der Waals surface area contributed by atoms with Crippen molar-refractivity contribution in [3.05, 3.63) is 59.7 Å². The Morgan fingerprint density at radius 1 is 1.12 bits per heavy atom. The number of rotatable bonds is 5. The third-order valence-electron chi connectivity index (χ3n) is 4.95. The highest BCUT2D eigenvalue weighted by molar-refractivity contribution is 5.95. The minimum absolute atomic E-state index is 0.0247. The van der Waals surface area contributed by atoms with E-state index in [-0.39, 0.29) is 31.3 Å². The topological polar surface area (TPSA) is 71.0 Å². The summed E-state index contributed by atoms with van der Waals surface area (Å²) in [5, 5.41) is 12.8. The van der Waals surface area contributed by atoms with Crippen molar-refractivity contribution in [1.82, 2.24) is 10.2 Å². The summed E-state index contributed by atoms with van der Waals surface area (Å²) < 4.78 is 10.6. The number of nitrogens with zero attached hydrogens (tertiary/aromatic N) is 1. The van der Waals surface area contributed by atoms with Crippen LogP contribution in [0.25, 0.3) is 0 Å². The van der Waals surface area contributed by atoms with E-state index >= 15 is 0 Å². The zero-order valence-electron chi connectivity index (χ0n) is 14.4. The van der Waals surface area contributed by atoms with Gasteiger partial charge in [0, 0.05) is 43.8 Å². The lowest BCUT2D eigenvalue weighted by Crippen LogP contribution is -2.41. The lowest BCUT2D eigenvalue weighted by atomic mass is 10.0. The Hall–Kier alpha value is -2.57. The highest BCUT2D eigenvalue weighted by Gasteiger charge is 2.33. The lowest BCUT2D eigenvalue weighted by Gasteiger charge is -2.18. The van der Waals surface area contributed by atoms with Gasteiger partial charge in [-0.1, -0.05) is 30.3 Å². The van der Waals surface area contributed by atoms with E-state index in [0.29, 0.717) is 17.1 Å². The third kappa shape index (κ3) is 3.52. The highest BCUT2D eigenvalue weighted by Crippen LogP contribution is 2.32. The van der Waals surface area contributed by atoms with Crippen LogP contribution in [0.5, 0.6) is 11.5 Å². The molecule has 2 aliphatic rings. The van der Waals surface area contributed by atoms with Gasteiger partial charge in [-0.15, -0.1) is 0 Å². The normalized spacial score (nSPS) is 21.7. The first kappa shape index (κ1) is 16.9. The molecule has 1 amide bonds. The molecule has 26 heavy (non-hydrogen) atoms. The third-order valence-corrected chi connectivity index (χ3v) is 4.95. The number of aliphatic hydroxyl groups is 1. The van der Waals surface area contributed by atoms with Gasteiger partial charge in [0.2, 0.25) is 6.79 Å². The van der Waals surface area contributed by atoms with Gasteiger partial charge in [-0.05, 0) is 23.8 Å². The molecule has 136 valence electrons. The Bertz CT molecular complexity index is 781. The number of fused-ring (bicyclic) bond motifs is 1. The summed E-state index contributed by atoms with van der Waals surface area (Å²) in [6, 6.07) is 15.3. The predicted octanol–water partition coefficient (Wildman–Crippen LogP) is 1.64. The zero-order chi connectivity index (χ0) is 17.9. The fourth-order valence-corrected chi connectivity index (χ4v) is 3.57. The summed E-state index contributed by atoms with van der Waals surface area (Å²) in [6.45, 7) is 2.53. The second kappa shape index (κ2) is 7.35. The molecular formula is C20H22N2O4. The second-order valence-electron chi connectivity index (χ2n) is 6.77. The van der Waals surface area contributed by atoms with Crippen molar-refractivity contribution in [2.75, 3.05) is 26.5 Å². The minimum Gasteiger partial charge on any atom is -0.454 e. The van der Waals surface area contributed by atoms with Gasteiger partial charge in [0.1, 0.15) is 0 Å². The Balaban J connectivity index is 1.41. The molecule has 4 rings (SSSR count). The Kier molecular flexibility index (Phi) is 4.77. The number of amides is 1. The van der Waals surface area contributed by atoms with Crippen LogP contribution in [0.15, 0.2) is 48.5 Å². The van der Waals surface area contributed by atoms with Gasteiger partial charge in [-0.3, -0.25) is 9.69 Å². The molecule has 0 radical (unpaired) electrons. The molecular weight excluding hydrogens is 332 g/mol. The largest absolute Gasteiger partial charge is 0.454 e. The van der Waals surface area contributed by atoms with Crippen molar-refractivity contribution in [2.45, 2.75) is 12.6 Å². The van der Waals surface area contributed by atoms with E-state index in [0.717, 1.165) is 19.6 Å². The maximum atomic E-state index is 12.6. The number of hydrogen-bond donors (Lipinski definition) is 2. The SMILES string of the molecule is O=C(N[C@@H]1CN(Cc2ccccc2)C[C@H]1CO)c1ccc2c(c1)OCO2. The average molecular weight is 354 g/mol. The molecule has 2 aromatic carbocycles. The summed E-state index contributed by atoms with van der Waals surface area (Å²) >= 11 is 0. The van der Waals surface area contributed by atoms with Gasteiger partial charge < -0.3 is 19.9 Å². The summed E-state index contributed by atoms with van der Waals surface area (Å²) in [6.07, 6.45) is 0. The number of benzene rings is 2. The number of carbonyl (C=O) groups excluding carboxylic acids is 1. The van der Waals surface area contributed by atoms with E-state index in [4.69, 9.17) is 9.47 Å². The smallest absolute Gasteiger partial charge is 0.251 e. The maximum Gasteiger partial charge on any atom is 0.251 e. The number of aliphatic hydroxyl groups excluding tert-OH is 1. The Morgan fingerprint density at radius 2 is 1.92 bits per heavy atom. The van der Waals surface area contributed by atoms with Gasteiger partial charge in [-0.25, -0.2) is 0 Å². The van der Waals surface area contributed by atoms with Crippen LogP contribution in [0.4, 0.5) is 0 Å². The van der Waals surface area contributed by atoms with Crippen molar-refractivity contribution < 1.29 is 19.4 Å². The fraction of sp³-hybridized carbons (Fsp3) is 0.350. The van der Waals surface area contributed by atoms with Gasteiger partial charge in [0.05, 0.1) is 0 Å². The predicted molar refractivity (Wildman–Crippen MR) is 96.1 cm³/mol. The Morgan fingerprint density at radius 3 is 2.73 bits per heavy atom. The Labute approximate surface area is 152 Å². The van der Waals surface area contributed by atoms with E-state index < -0.39 is 0 Å². The molecule has 0 unspecified atom stereocenters. The molecule has 0 aromatic heterocycles. The van der Waals surface area contributed by atoms with Gasteiger partial charge in [-0.2, -0.15) is 0 Å². The second-order valence-corrected chi connectivity index (χ2v) is 6.77. The van der Waals surface area contributed by atoms with Crippen LogP contribution in [0.1, 0.15) is 15.9 Å². The number of ether oxygens (including phenoxy) is 2. The molecule has 0 bridgehead atoms. The van der Waals surface area contributed by atoms with Crippen LogP contribution >= 0.6 is 0 Å².